The molecular weight excluding hydrogens is 401 g/mol. The topological polar surface area (TPSA) is 92.7 Å². The number of nitrogens with zero attached hydrogens (tertiary/aromatic N) is 4. The monoisotopic (exact) mass is 423 g/mol. The van der Waals surface area contributed by atoms with Crippen LogP contribution < -0.4 is 14.9 Å². The van der Waals surface area contributed by atoms with Gasteiger partial charge in [0, 0.05) is 30.2 Å². The van der Waals surface area contributed by atoms with Gasteiger partial charge in [-0.15, -0.1) is 0 Å². The number of nitriles is 1. The van der Waals surface area contributed by atoms with Crippen LogP contribution in [0.5, 0.6) is 0 Å². The van der Waals surface area contributed by atoms with Crippen LogP contribution in [-0.4, -0.2) is 33.3 Å². The molecule has 2 aromatic heterocycles. The first-order valence-electron chi connectivity index (χ1n) is 10.2. The SMILES string of the molecule is N#Cc1c[nH]c2nc(Nc3ccc(N4CCCS4)c(F)c3)nc(NC3CCCC3)c12. The number of hydrogen-bond donors (Lipinski definition) is 3. The third kappa shape index (κ3) is 3.63. The Morgan fingerprint density at radius 3 is 2.83 bits per heavy atom. The van der Waals surface area contributed by atoms with E-state index in [4.69, 9.17) is 0 Å². The molecule has 0 radical (unpaired) electrons. The van der Waals surface area contributed by atoms with Crippen LogP contribution in [-0.2, 0) is 0 Å². The third-order valence-corrected chi connectivity index (χ3v) is 6.74. The van der Waals surface area contributed by atoms with E-state index in [9.17, 15) is 9.65 Å². The standard InChI is InChI=1S/C21H22FN7S/c22-16-10-15(6-7-17(16)29-8-3-9-30-29)26-21-27-19-18(13(11-23)12-24-19)20(28-21)25-14-4-1-2-5-14/h6-7,10,12,14H,1-5,8-9H2,(H3,24,25,26,27,28). The van der Waals surface area contributed by atoms with E-state index in [1.807, 2.05) is 10.4 Å². The molecule has 3 heterocycles. The van der Waals surface area contributed by atoms with Crippen molar-refractivity contribution in [1.29, 1.82) is 5.26 Å². The minimum absolute atomic E-state index is 0.272. The maximum atomic E-state index is 14.7. The van der Waals surface area contributed by atoms with Crippen LogP contribution in [0.4, 0.5) is 27.5 Å². The quantitative estimate of drug-likeness (QED) is 0.501. The highest BCUT2D eigenvalue weighted by atomic mass is 32.2. The molecule has 7 nitrogen and oxygen atoms in total. The van der Waals surface area contributed by atoms with E-state index >= 15 is 0 Å². The van der Waals surface area contributed by atoms with Crippen LogP contribution in [0.25, 0.3) is 11.0 Å². The van der Waals surface area contributed by atoms with Gasteiger partial charge < -0.3 is 19.9 Å². The number of anilines is 4. The molecule has 3 aromatic rings. The number of halogens is 1. The molecule has 1 aliphatic carbocycles. The molecule has 154 valence electrons. The van der Waals surface area contributed by atoms with Gasteiger partial charge in [0.05, 0.1) is 16.6 Å². The van der Waals surface area contributed by atoms with E-state index in [1.54, 1.807) is 24.2 Å². The number of benzene rings is 1. The molecule has 1 saturated carbocycles. The van der Waals surface area contributed by atoms with Crippen molar-refractivity contribution in [2.75, 3.05) is 27.2 Å². The van der Waals surface area contributed by atoms with E-state index in [1.165, 1.54) is 18.9 Å². The molecule has 9 heteroatoms. The Morgan fingerprint density at radius 1 is 1.23 bits per heavy atom. The van der Waals surface area contributed by atoms with Crippen LogP contribution in [0.15, 0.2) is 24.4 Å². The third-order valence-electron chi connectivity index (χ3n) is 5.57. The van der Waals surface area contributed by atoms with Gasteiger partial charge in [-0.3, -0.25) is 0 Å². The lowest BCUT2D eigenvalue weighted by atomic mass is 10.2. The molecule has 3 N–H and O–H groups in total. The maximum absolute atomic E-state index is 14.7. The van der Waals surface area contributed by atoms with Crippen LogP contribution in [0.3, 0.4) is 0 Å². The predicted octanol–water partition coefficient (Wildman–Crippen LogP) is 4.93. The van der Waals surface area contributed by atoms with Gasteiger partial charge in [0.2, 0.25) is 5.95 Å². The first-order valence-corrected chi connectivity index (χ1v) is 11.2. The summed E-state index contributed by atoms with van der Waals surface area (Å²) in [4.78, 5) is 12.2. The fourth-order valence-corrected chi connectivity index (χ4v) is 5.12. The Balaban J connectivity index is 1.45. The highest BCUT2D eigenvalue weighted by Gasteiger charge is 2.21. The summed E-state index contributed by atoms with van der Waals surface area (Å²) in [6, 6.07) is 7.63. The summed E-state index contributed by atoms with van der Waals surface area (Å²) >= 11 is 1.65. The number of fused-ring (bicyclic) bond motifs is 1. The van der Waals surface area contributed by atoms with E-state index < -0.39 is 0 Å². The lowest BCUT2D eigenvalue weighted by Crippen LogP contribution is -2.16. The van der Waals surface area contributed by atoms with Crippen LogP contribution in [0, 0.1) is 17.1 Å². The first kappa shape index (κ1) is 19.0. The lowest BCUT2D eigenvalue weighted by Gasteiger charge is -2.18. The van der Waals surface area contributed by atoms with Gasteiger partial charge >= 0.3 is 0 Å². The zero-order valence-electron chi connectivity index (χ0n) is 16.4. The summed E-state index contributed by atoms with van der Waals surface area (Å²) in [6.45, 7) is 0.860. The number of nitrogens with one attached hydrogen (secondary N) is 3. The van der Waals surface area contributed by atoms with Gasteiger partial charge in [-0.05, 0) is 49.4 Å². The lowest BCUT2D eigenvalue weighted by molar-refractivity contribution is 0.628. The zero-order chi connectivity index (χ0) is 20.5. The Labute approximate surface area is 178 Å². The van der Waals surface area contributed by atoms with E-state index in [-0.39, 0.29) is 5.82 Å². The molecule has 1 aromatic carbocycles. The second-order valence-electron chi connectivity index (χ2n) is 7.64. The molecule has 2 fully saturated rings. The highest BCUT2D eigenvalue weighted by Crippen LogP contribution is 2.33. The molecule has 1 aliphatic heterocycles. The maximum Gasteiger partial charge on any atom is 0.231 e. The van der Waals surface area contributed by atoms with Gasteiger partial charge in [0.15, 0.2) is 0 Å². The van der Waals surface area contributed by atoms with Gasteiger partial charge in [0.25, 0.3) is 0 Å². The fraction of sp³-hybridized carbons (Fsp3) is 0.381. The Bertz CT molecular complexity index is 1110. The minimum Gasteiger partial charge on any atom is -0.367 e. The molecule has 0 spiro atoms. The molecule has 0 unspecified atom stereocenters. The summed E-state index contributed by atoms with van der Waals surface area (Å²) in [5.41, 5.74) is 2.27. The zero-order valence-corrected chi connectivity index (χ0v) is 17.2. The fourth-order valence-electron chi connectivity index (χ4n) is 4.10. The number of rotatable bonds is 5. The van der Waals surface area contributed by atoms with Crippen molar-refractivity contribution in [1.82, 2.24) is 15.0 Å². The van der Waals surface area contributed by atoms with Crippen LogP contribution in [0.2, 0.25) is 0 Å². The number of aromatic nitrogens is 3. The van der Waals surface area contributed by atoms with Crippen LogP contribution in [0.1, 0.15) is 37.7 Å². The van der Waals surface area contributed by atoms with Gasteiger partial charge in [0.1, 0.15) is 23.4 Å². The van der Waals surface area contributed by atoms with Gasteiger partial charge in [-0.25, -0.2) is 4.39 Å². The number of hydrogen-bond acceptors (Lipinski definition) is 7. The van der Waals surface area contributed by atoms with E-state index in [2.05, 4.69) is 31.7 Å². The number of H-pyrrole nitrogens is 1. The predicted molar refractivity (Wildman–Crippen MR) is 119 cm³/mol. The first-order chi connectivity index (χ1) is 14.7. The van der Waals surface area contributed by atoms with Crippen molar-refractivity contribution in [3.05, 3.63) is 35.8 Å². The van der Waals surface area contributed by atoms with Crippen molar-refractivity contribution < 1.29 is 4.39 Å². The highest BCUT2D eigenvalue weighted by molar-refractivity contribution is 8.00. The minimum atomic E-state index is -0.272. The van der Waals surface area contributed by atoms with Crippen molar-refractivity contribution >= 4 is 46.1 Å². The summed E-state index contributed by atoms with van der Waals surface area (Å²) in [5.74, 6) is 1.74. The van der Waals surface area contributed by atoms with Crippen molar-refractivity contribution in [3.8, 4) is 6.07 Å². The molecular formula is C21H22FN7S. The van der Waals surface area contributed by atoms with E-state index in [0.29, 0.717) is 45.8 Å². The van der Waals surface area contributed by atoms with Crippen molar-refractivity contribution in [3.63, 3.8) is 0 Å². The molecule has 30 heavy (non-hydrogen) atoms. The largest absolute Gasteiger partial charge is 0.367 e. The second-order valence-corrected chi connectivity index (χ2v) is 8.75. The molecule has 2 aliphatic rings. The van der Waals surface area contributed by atoms with Gasteiger partial charge in [-0.2, -0.15) is 15.2 Å². The average molecular weight is 424 g/mol. The summed E-state index contributed by atoms with van der Waals surface area (Å²) in [5, 5.41) is 16.7. The number of aromatic amines is 1. The van der Waals surface area contributed by atoms with Crippen molar-refractivity contribution in [2.45, 2.75) is 38.1 Å². The molecule has 0 amide bonds. The smallest absolute Gasteiger partial charge is 0.231 e. The molecule has 5 rings (SSSR count). The summed E-state index contributed by atoms with van der Waals surface area (Å²) < 4.78 is 16.7. The molecule has 0 bridgehead atoms. The Morgan fingerprint density at radius 2 is 2.10 bits per heavy atom. The Hall–Kier alpha value is -2.99. The normalized spacial score (nSPS) is 16.9. The van der Waals surface area contributed by atoms with Gasteiger partial charge in [-0.1, -0.05) is 12.8 Å². The van der Waals surface area contributed by atoms with E-state index in [0.717, 1.165) is 31.6 Å². The molecule has 1 saturated heterocycles. The summed E-state index contributed by atoms with van der Waals surface area (Å²) in [7, 11) is 0. The summed E-state index contributed by atoms with van der Waals surface area (Å²) in [6.07, 6.45) is 7.26. The Kier molecular flexibility index (Phi) is 5.09. The van der Waals surface area contributed by atoms with Crippen LogP contribution >= 0.6 is 11.9 Å². The molecule has 0 atom stereocenters. The van der Waals surface area contributed by atoms with Crippen molar-refractivity contribution in [2.24, 2.45) is 0 Å². The second kappa shape index (κ2) is 8.03. The average Bonchev–Trinajstić information content (AvgIpc) is 3.50.